The molecule has 0 spiro atoms. The van der Waals surface area contributed by atoms with E-state index >= 15 is 0 Å². The van der Waals surface area contributed by atoms with E-state index in [1.165, 1.54) is 18.7 Å². The maximum absolute atomic E-state index is 12.6. The Kier molecular flexibility index (Phi) is 9.57. The molecule has 0 saturated heterocycles. The quantitative estimate of drug-likeness (QED) is 0.439. The molecule has 9 nitrogen and oxygen atoms in total. The average molecular weight is 446 g/mol. The van der Waals surface area contributed by atoms with Gasteiger partial charge in [-0.3, -0.25) is 19.2 Å². The number of esters is 2. The van der Waals surface area contributed by atoms with Crippen LogP contribution in [0.3, 0.4) is 0 Å². The molecule has 0 aliphatic carbocycles. The van der Waals surface area contributed by atoms with Crippen molar-refractivity contribution in [3.05, 3.63) is 5.69 Å². The molecule has 1 aromatic rings. The van der Waals surface area contributed by atoms with Crippen LogP contribution in [-0.4, -0.2) is 53.2 Å². The normalized spacial score (nSPS) is 12.1. The molecular weight excluding hydrogens is 418 g/mol. The summed E-state index contributed by atoms with van der Waals surface area (Å²) in [5.41, 5.74) is -0.489. The number of carbonyl (C=O) groups is 4. The smallest absolute Gasteiger partial charge is 0.306 e. The van der Waals surface area contributed by atoms with Gasteiger partial charge in [-0.05, 0) is 40.4 Å². The van der Waals surface area contributed by atoms with Crippen molar-refractivity contribution in [3.63, 3.8) is 0 Å². The maximum Gasteiger partial charge on any atom is 0.306 e. The molecule has 1 aromatic heterocycles. The highest BCUT2D eigenvalue weighted by Gasteiger charge is 2.22. The highest BCUT2D eigenvalue weighted by Crippen LogP contribution is 2.30. The largest absolute Gasteiger partial charge is 0.460 e. The van der Waals surface area contributed by atoms with Crippen LogP contribution >= 0.6 is 23.1 Å². The average Bonchev–Trinajstić information content (AvgIpc) is 2.99. The molecule has 0 saturated carbocycles. The van der Waals surface area contributed by atoms with Crippen molar-refractivity contribution < 1.29 is 28.7 Å². The van der Waals surface area contributed by atoms with E-state index in [0.29, 0.717) is 10.8 Å². The van der Waals surface area contributed by atoms with E-state index in [-0.39, 0.29) is 29.1 Å². The highest BCUT2D eigenvalue weighted by atomic mass is 32.2. The predicted molar refractivity (Wildman–Crippen MR) is 111 cm³/mol. The molecule has 1 atom stereocenters. The molecule has 11 heteroatoms. The number of thioether (sulfide) groups is 1. The summed E-state index contributed by atoms with van der Waals surface area (Å²) in [4.78, 5) is 51.4. The van der Waals surface area contributed by atoms with E-state index in [4.69, 9.17) is 4.74 Å². The SMILES string of the molecule is CSc1nc(C(=O)N[C@@H](C)CCC(=O)OC(C)(C)C)c(NC(=O)COC(C)=O)s1. The van der Waals surface area contributed by atoms with E-state index < -0.39 is 30.0 Å². The Balaban J connectivity index is 2.70. The third-order valence-corrected chi connectivity index (χ3v) is 5.19. The summed E-state index contributed by atoms with van der Waals surface area (Å²) >= 11 is 2.48. The van der Waals surface area contributed by atoms with E-state index in [2.05, 4.69) is 20.4 Å². The first kappa shape index (κ1) is 24.9. The topological polar surface area (TPSA) is 124 Å². The zero-order chi connectivity index (χ0) is 22.2. The van der Waals surface area contributed by atoms with Gasteiger partial charge in [0, 0.05) is 19.4 Å². The van der Waals surface area contributed by atoms with Crippen molar-refractivity contribution in [2.24, 2.45) is 0 Å². The second-order valence-corrected chi connectivity index (χ2v) is 9.24. The Labute approximate surface area is 178 Å². The van der Waals surface area contributed by atoms with Gasteiger partial charge in [-0.2, -0.15) is 0 Å². The van der Waals surface area contributed by atoms with Crippen LogP contribution in [0, 0.1) is 0 Å². The first-order chi connectivity index (χ1) is 13.4. The fraction of sp³-hybridized carbons (Fsp3) is 0.611. The minimum atomic E-state index is -0.578. The zero-order valence-corrected chi connectivity index (χ0v) is 19.0. The van der Waals surface area contributed by atoms with Crippen LogP contribution in [0.4, 0.5) is 5.00 Å². The van der Waals surface area contributed by atoms with Crippen molar-refractivity contribution in [2.45, 2.75) is 63.4 Å². The Hall–Kier alpha value is -2.14. The maximum atomic E-state index is 12.6. The fourth-order valence-corrected chi connectivity index (χ4v) is 3.52. The minimum Gasteiger partial charge on any atom is -0.460 e. The first-order valence-corrected chi connectivity index (χ1v) is 11.0. The summed E-state index contributed by atoms with van der Waals surface area (Å²) in [7, 11) is 0. The van der Waals surface area contributed by atoms with Crippen molar-refractivity contribution in [1.82, 2.24) is 10.3 Å². The second kappa shape index (κ2) is 11.1. The first-order valence-electron chi connectivity index (χ1n) is 8.92. The molecule has 162 valence electrons. The second-order valence-electron chi connectivity index (χ2n) is 7.19. The summed E-state index contributed by atoms with van der Waals surface area (Å²) in [6, 6.07) is -0.306. The van der Waals surface area contributed by atoms with Gasteiger partial charge in [0.15, 0.2) is 16.6 Å². The van der Waals surface area contributed by atoms with Gasteiger partial charge >= 0.3 is 11.9 Å². The number of ether oxygens (including phenoxy) is 2. The highest BCUT2D eigenvalue weighted by molar-refractivity contribution is 8.00. The molecule has 0 unspecified atom stereocenters. The molecule has 29 heavy (non-hydrogen) atoms. The third-order valence-electron chi connectivity index (χ3n) is 3.24. The number of nitrogens with zero attached hydrogens (tertiary/aromatic N) is 1. The lowest BCUT2D eigenvalue weighted by Gasteiger charge is -2.20. The van der Waals surface area contributed by atoms with Crippen molar-refractivity contribution in [1.29, 1.82) is 0 Å². The van der Waals surface area contributed by atoms with Gasteiger partial charge < -0.3 is 20.1 Å². The van der Waals surface area contributed by atoms with E-state index in [1.54, 1.807) is 34.0 Å². The third kappa shape index (κ3) is 9.75. The lowest BCUT2D eigenvalue weighted by Crippen LogP contribution is -2.34. The van der Waals surface area contributed by atoms with Crippen LogP contribution in [-0.2, 0) is 23.9 Å². The van der Waals surface area contributed by atoms with Crippen LogP contribution in [0.15, 0.2) is 4.34 Å². The molecule has 0 aliphatic heterocycles. The van der Waals surface area contributed by atoms with E-state index in [9.17, 15) is 19.2 Å². The molecule has 1 heterocycles. The van der Waals surface area contributed by atoms with Crippen LogP contribution in [0.5, 0.6) is 0 Å². The zero-order valence-electron chi connectivity index (χ0n) is 17.4. The molecule has 1 rings (SSSR count). The number of nitrogens with one attached hydrogen (secondary N) is 2. The van der Waals surface area contributed by atoms with Crippen molar-refractivity contribution in [2.75, 3.05) is 18.2 Å². The Bertz CT molecular complexity index is 757. The van der Waals surface area contributed by atoms with Gasteiger partial charge in [-0.25, -0.2) is 4.98 Å². The van der Waals surface area contributed by atoms with Crippen molar-refractivity contribution in [3.8, 4) is 0 Å². The molecule has 2 N–H and O–H groups in total. The summed E-state index contributed by atoms with van der Waals surface area (Å²) in [6.07, 6.45) is 2.36. The Morgan fingerprint density at radius 3 is 2.45 bits per heavy atom. The van der Waals surface area contributed by atoms with Crippen LogP contribution in [0.25, 0.3) is 0 Å². The van der Waals surface area contributed by atoms with Gasteiger partial charge in [0.1, 0.15) is 10.6 Å². The molecule has 2 amide bonds. The van der Waals surface area contributed by atoms with E-state index in [0.717, 1.165) is 11.3 Å². The summed E-state index contributed by atoms with van der Waals surface area (Å²) in [5.74, 6) is -1.95. The standard InChI is InChI=1S/C18H27N3O6S2/c1-10(7-8-13(24)27-18(3,4)5)19-15(25)14-16(29-17(21-14)28-6)20-12(23)9-26-11(2)22/h10H,7-9H2,1-6H3,(H,19,25)(H,20,23)/t10-/m0/s1. The van der Waals surface area contributed by atoms with E-state index in [1.807, 2.05) is 0 Å². The summed E-state index contributed by atoms with van der Waals surface area (Å²) in [5, 5.41) is 5.58. The molecule has 0 radical (unpaired) electrons. The molecule has 0 aromatic carbocycles. The molecule has 0 bridgehead atoms. The molecule has 0 fully saturated rings. The minimum absolute atomic E-state index is 0.0691. The number of hydrogen-bond acceptors (Lipinski definition) is 9. The number of thiazole rings is 1. The van der Waals surface area contributed by atoms with Gasteiger partial charge in [-0.15, -0.1) is 0 Å². The molecular formula is C18H27N3O6S2. The van der Waals surface area contributed by atoms with Gasteiger partial charge in [-0.1, -0.05) is 23.1 Å². The fourth-order valence-electron chi connectivity index (χ4n) is 2.05. The summed E-state index contributed by atoms with van der Waals surface area (Å²) < 4.78 is 10.5. The van der Waals surface area contributed by atoms with Gasteiger partial charge in [0.25, 0.3) is 11.8 Å². The number of carbonyl (C=O) groups excluding carboxylic acids is 4. The number of rotatable bonds is 9. The van der Waals surface area contributed by atoms with Crippen LogP contribution < -0.4 is 10.6 Å². The number of anilines is 1. The monoisotopic (exact) mass is 445 g/mol. The predicted octanol–water partition coefficient (Wildman–Crippen LogP) is 2.61. The van der Waals surface area contributed by atoms with Gasteiger partial charge in [0.05, 0.1) is 0 Å². The van der Waals surface area contributed by atoms with Crippen LogP contribution in [0.2, 0.25) is 0 Å². The summed E-state index contributed by atoms with van der Waals surface area (Å²) in [6.45, 7) is 7.89. The lowest BCUT2D eigenvalue weighted by molar-refractivity contribution is -0.155. The Morgan fingerprint density at radius 1 is 1.24 bits per heavy atom. The number of aromatic nitrogens is 1. The number of amides is 2. The lowest BCUT2D eigenvalue weighted by atomic mass is 10.1. The van der Waals surface area contributed by atoms with Crippen molar-refractivity contribution >= 4 is 51.9 Å². The number of hydrogen-bond donors (Lipinski definition) is 2. The molecule has 0 aliphatic rings. The van der Waals surface area contributed by atoms with Crippen LogP contribution in [0.1, 0.15) is 57.9 Å². The Morgan fingerprint density at radius 2 is 1.90 bits per heavy atom. The van der Waals surface area contributed by atoms with Gasteiger partial charge in [0.2, 0.25) is 0 Å².